The van der Waals surface area contributed by atoms with E-state index < -0.39 is 8.07 Å². The Morgan fingerprint density at radius 2 is 0.750 bits per heavy atom. The second-order valence-electron chi connectivity index (χ2n) is 13.6. The molecule has 7 rings (SSSR count). The predicted octanol–water partition coefficient (Wildman–Crippen LogP) is 11.6. The molecule has 0 aliphatic carbocycles. The molecule has 3 heteroatoms. The molecule has 0 spiro atoms. The second-order valence-corrected chi connectivity index (χ2v) is 18.7. The van der Waals surface area contributed by atoms with Crippen LogP contribution in [-0.2, 0) is 0 Å². The van der Waals surface area contributed by atoms with Gasteiger partial charge in [0.1, 0.15) is 0 Å². The largest absolute Gasteiger partial charge is 0.256 e. The van der Waals surface area contributed by atoms with Crippen molar-refractivity contribution in [1.82, 2.24) is 9.97 Å². The van der Waals surface area contributed by atoms with E-state index in [-0.39, 0.29) is 0 Å². The van der Waals surface area contributed by atoms with Crippen molar-refractivity contribution in [3.63, 3.8) is 0 Å². The average Bonchev–Trinajstić information content (AvgIpc) is 3.12. The average molecular weight is 637 g/mol. The fraction of sp³-hybridized carbons (Fsp3) is 0.111. The summed E-state index contributed by atoms with van der Waals surface area (Å²) in [4.78, 5) is 9.85. The highest BCUT2D eigenvalue weighted by atomic mass is 28.3. The van der Waals surface area contributed by atoms with Crippen molar-refractivity contribution in [2.75, 3.05) is 0 Å². The van der Waals surface area contributed by atoms with Gasteiger partial charge in [-0.15, -0.1) is 0 Å². The van der Waals surface area contributed by atoms with Gasteiger partial charge in [-0.05, 0) is 76.6 Å². The molecule has 0 unspecified atom stereocenters. The molecule has 0 aliphatic rings. The smallest absolute Gasteiger partial charge is 0.0776 e. The number of rotatable bonds is 7. The maximum Gasteiger partial charge on any atom is 0.0776 e. The highest BCUT2D eigenvalue weighted by Gasteiger charge is 2.21. The molecule has 0 aliphatic heterocycles. The summed E-state index contributed by atoms with van der Waals surface area (Å²) < 4.78 is 0. The van der Waals surface area contributed by atoms with Crippen molar-refractivity contribution in [3.05, 3.63) is 163 Å². The molecule has 7 aromatic rings. The van der Waals surface area contributed by atoms with Gasteiger partial charge in [0.2, 0.25) is 0 Å². The van der Waals surface area contributed by atoms with Gasteiger partial charge in [0.05, 0.1) is 19.5 Å². The van der Waals surface area contributed by atoms with Crippen LogP contribution in [0.1, 0.15) is 11.1 Å². The number of nitrogens with zero attached hydrogens (tertiary/aromatic N) is 2. The summed E-state index contributed by atoms with van der Waals surface area (Å²) >= 11 is 0. The molecule has 48 heavy (non-hydrogen) atoms. The van der Waals surface area contributed by atoms with E-state index in [9.17, 15) is 0 Å². The molecule has 0 saturated carbocycles. The Kier molecular flexibility index (Phi) is 8.47. The van der Waals surface area contributed by atoms with Gasteiger partial charge in [-0.2, -0.15) is 0 Å². The zero-order chi connectivity index (χ0) is 33.3. The van der Waals surface area contributed by atoms with Crippen molar-refractivity contribution < 1.29 is 0 Å². The third-order valence-corrected chi connectivity index (χ3v) is 11.2. The highest BCUT2D eigenvalue weighted by Crippen LogP contribution is 2.39. The lowest BCUT2D eigenvalue weighted by molar-refractivity contribution is 1.29. The Bertz CT molecular complexity index is 2080. The van der Waals surface area contributed by atoms with Gasteiger partial charge in [0.15, 0.2) is 0 Å². The molecule has 0 bridgehead atoms. The number of aromatic nitrogens is 2. The number of aryl methyl sites for hydroxylation is 2. The van der Waals surface area contributed by atoms with Crippen LogP contribution in [0.4, 0.5) is 0 Å². The Morgan fingerprint density at radius 3 is 1.12 bits per heavy atom. The van der Waals surface area contributed by atoms with Crippen LogP contribution in [0.3, 0.4) is 0 Å². The van der Waals surface area contributed by atoms with Crippen molar-refractivity contribution in [1.29, 1.82) is 0 Å². The number of hydrogen-bond acceptors (Lipinski definition) is 2. The maximum absolute atomic E-state index is 4.92. The van der Waals surface area contributed by atoms with Crippen molar-refractivity contribution >= 4 is 13.3 Å². The molecule has 234 valence electrons. The molecular weight excluding hydrogens is 597 g/mol. The van der Waals surface area contributed by atoms with Gasteiger partial charge in [0.25, 0.3) is 0 Å². The monoisotopic (exact) mass is 636 g/mol. The van der Waals surface area contributed by atoms with E-state index in [0.717, 1.165) is 33.6 Å². The van der Waals surface area contributed by atoms with E-state index in [1.807, 2.05) is 24.5 Å². The highest BCUT2D eigenvalue weighted by molar-refractivity contribution is 6.88. The molecule has 0 saturated heterocycles. The van der Waals surface area contributed by atoms with Gasteiger partial charge in [-0.25, -0.2) is 0 Å². The van der Waals surface area contributed by atoms with Gasteiger partial charge in [-0.3, -0.25) is 9.97 Å². The van der Waals surface area contributed by atoms with Crippen molar-refractivity contribution in [2.45, 2.75) is 33.5 Å². The zero-order valence-electron chi connectivity index (χ0n) is 28.3. The summed E-state index contributed by atoms with van der Waals surface area (Å²) in [5, 5.41) is 1.43. The predicted molar refractivity (Wildman–Crippen MR) is 207 cm³/mol. The fourth-order valence-electron chi connectivity index (χ4n) is 6.52. The molecule has 2 heterocycles. The van der Waals surface area contributed by atoms with E-state index in [4.69, 9.17) is 9.97 Å². The number of pyridine rings is 2. The minimum absolute atomic E-state index is 0.996. The molecule has 0 atom stereocenters. The van der Waals surface area contributed by atoms with Gasteiger partial charge < -0.3 is 0 Å². The lowest BCUT2D eigenvalue weighted by Crippen LogP contribution is -2.37. The van der Waals surface area contributed by atoms with Gasteiger partial charge >= 0.3 is 0 Å². The van der Waals surface area contributed by atoms with E-state index in [1.165, 1.54) is 49.7 Å². The Morgan fingerprint density at radius 1 is 0.375 bits per heavy atom. The standard InChI is InChI=1S/C45H40N2Si/c1-31-24-44(33-16-8-6-9-17-33)46-29-42(31)40-22-14-12-20-38(40)35-26-36(28-37(27-35)48(3,4)5)39-21-13-15-23-41(39)43-30-47-45(25-32(43)2)34-18-10-7-11-19-34/h6-30H,1-5H3. The lowest BCUT2D eigenvalue weighted by Gasteiger charge is -2.22. The summed E-state index contributed by atoms with van der Waals surface area (Å²) in [6, 6.07) is 50.0. The molecule has 2 nitrogen and oxygen atoms in total. The maximum atomic E-state index is 4.92. The van der Waals surface area contributed by atoms with E-state index in [1.54, 1.807) is 0 Å². The first-order chi connectivity index (χ1) is 23.3. The van der Waals surface area contributed by atoms with Crippen LogP contribution >= 0.6 is 0 Å². The first-order valence-electron chi connectivity index (χ1n) is 16.7. The normalized spacial score (nSPS) is 11.4. The Balaban J connectivity index is 1.35. The van der Waals surface area contributed by atoms with Crippen LogP contribution in [0, 0.1) is 13.8 Å². The third kappa shape index (κ3) is 6.30. The lowest BCUT2D eigenvalue weighted by atomic mass is 9.89. The summed E-state index contributed by atoms with van der Waals surface area (Å²) in [6.45, 7) is 11.7. The van der Waals surface area contributed by atoms with Crippen LogP contribution in [0.5, 0.6) is 0 Å². The third-order valence-electron chi connectivity index (χ3n) is 9.22. The molecule has 0 radical (unpaired) electrons. The molecule has 0 fully saturated rings. The van der Waals surface area contributed by atoms with Gasteiger partial charge in [0, 0.05) is 34.6 Å². The van der Waals surface area contributed by atoms with Crippen molar-refractivity contribution in [3.8, 4) is 67.0 Å². The number of benzene rings is 5. The van der Waals surface area contributed by atoms with E-state index in [2.05, 4.69) is 161 Å². The Hall–Kier alpha value is -5.38. The minimum atomic E-state index is -1.69. The molecule has 5 aromatic carbocycles. The number of hydrogen-bond donors (Lipinski definition) is 0. The van der Waals surface area contributed by atoms with Crippen LogP contribution < -0.4 is 5.19 Å². The van der Waals surface area contributed by atoms with Crippen molar-refractivity contribution in [2.24, 2.45) is 0 Å². The second kappa shape index (κ2) is 13.0. The quantitative estimate of drug-likeness (QED) is 0.163. The summed E-state index contributed by atoms with van der Waals surface area (Å²) in [6.07, 6.45) is 4.09. The molecule has 0 amide bonds. The SMILES string of the molecule is Cc1cc(-c2ccccc2)ncc1-c1ccccc1-c1cc(-c2ccccc2-c2cnc(-c3ccccc3)cc2C)cc([Si](C)(C)C)c1. The summed E-state index contributed by atoms with van der Waals surface area (Å²) in [7, 11) is -1.69. The first-order valence-corrected chi connectivity index (χ1v) is 20.2. The zero-order valence-corrected chi connectivity index (χ0v) is 29.3. The fourth-order valence-corrected chi connectivity index (χ4v) is 7.70. The van der Waals surface area contributed by atoms with E-state index >= 15 is 0 Å². The molecular formula is C45H40N2Si. The molecule has 0 N–H and O–H groups in total. The Labute approximate surface area is 285 Å². The van der Waals surface area contributed by atoms with Crippen LogP contribution in [0.2, 0.25) is 19.6 Å². The van der Waals surface area contributed by atoms with Gasteiger partial charge in [-0.1, -0.05) is 146 Å². The molecule has 2 aromatic heterocycles. The first kappa shape index (κ1) is 31.2. The summed E-state index contributed by atoms with van der Waals surface area (Å²) in [5.41, 5.74) is 16.3. The topological polar surface area (TPSA) is 25.8 Å². The van der Waals surface area contributed by atoms with E-state index in [0.29, 0.717) is 0 Å². The minimum Gasteiger partial charge on any atom is -0.256 e. The van der Waals surface area contributed by atoms with Crippen LogP contribution in [0.25, 0.3) is 67.0 Å². The van der Waals surface area contributed by atoms with Crippen LogP contribution in [-0.4, -0.2) is 18.0 Å². The van der Waals surface area contributed by atoms with Crippen LogP contribution in [0.15, 0.2) is 152 Å². The summed E-state index contributed by atoms with van der Waals surface area (Å²) in [5.74, 6) is 0.